The number of nitrogens with zero attached hydrogens (tertiary/aromatic N) is 2. The molecule has 1 heterocycles. The van der Waals surface area contributed by atoms with Gasteiger partial charge in [-0.25, -0.2) is 0 Å². The summed E-state index contributed by atoms with van der Waals surface area (Å²) >= 11 is 0. The monoisotopic (exact) mass is 189 g/mol. The summed E-state index contributed by atoms with van der Waals surface area (Å²) in [5.41, 5.74) is 2.92. The van der Waals surface area contributed by atoms with E-state index in [0.717, 1.165) is 23.4 Å². The van der Waals surface area contributed by atoms with E-state index in [0.29, 0.717) is 0 Å². The fraction of sp³-hybridized carbons (Fsp3) is 0.455. The van der Waals surface area contributed by atoms with Crippen LogP contribution in [0.1, 0.15) is 29.9 Å². The number of aromatic nitrogens is 2. The smallest absolute Gasteiger partial charge is 0.0959 e. The highest BCUT2D eigenvalue weighted by atomic mass is 15.1. The Bertz CT molecular complexity index is 352. The molecule has 0 saturated carbocycles. The Morgan fingerprint density at radius 1 is 1.57 bits per heavy atom. The van der Waals surface area contributed by atoms with Gasteiger partial charge in [0, 0.05) is 5.56 Å². The first kappa shape index (κ1) is 10.7. The second-order valence-corrected chi connectivity index (χ2v) is 3.13. The van der Waals surface area contributed by atoms with E-state index >= 15 is 0 Å². The van der Waals surface area contributed by atoms with Gasteiger partial charge in [0.05, 0.1) is 17.4 Å². The Labute approximate surface area is 84.9 Å². The van der Waals surface area contributed by atoms with Crippen molar-refractivity contribution in [1.82, 2.24) is 15.5 Å². The third-order valence-electron chi connectivity index (χ3n) is 2.13. The zero-order valence-corrected chi connectivity index (χ0v) is 8.83. The van der Waals surface area contributed by atoms with Gasteiger partial charge in [0.2, 0.25) is 0 Å². The normalized spacial score (nSPS) is 12.1. The van der Waals surface area contributed by atoms with Gasteiger partial charge < -0.3 is 5.32 Å². The highest BCUT2D eigenvalue weighted by molar-refractivity contribution is 5.30. The summed E-state index contributed by atoms with van der Waals surface area (Å²) in [5, 5.41) is 11.2. The molecule has 3 nitrogen and oxygen atoms in total. The Hall–Kier alpha value is -1.40. The summed E-state index contributed by atoms with van der Waals surface area (Å²) in [6.07, 6.45) is 6.28. The molecule has 1 aromatic heterocycles. The number of nitrogens with one attached hydrogen (secondary N) is 1. The van der Waals surface area contributed by atoms with E-state index < -0.39 is 0 Å². The average molecular weight is 189 g/mol. The van der Waals surface area contributed by atoms with Crippen LogP contribution in [-0.2, 0) is 6.42 Å². The van der Waals surface area contributed by atoms with E-state index in [2.05, 4.69) is 21.4 Å². The minimum absolute atomic E-state index is 0.0702. The number of hydrogen-bond acceptors (Lipinski definition) is 3. The maximum Gasteiger partial charge on any atom is 0.0959 e. The zero-order chi connectivity index (χ0) is 10.6. The number of aryl methyl sites for hydroxylation is 2. The van der Waals surface area contributed by atoms with E-state index in [1.54, 1.807) is 0 Å². The fourth-order valence-electron chi connectivity index (χ4n) is 1.39. The van der Waals surface area contributed by atoms with Crippen LogP contribution in [0.3, 0.4) is 0 Å². The molecule has 0 radical (unpaired) electrons. The molecule has 3 heteroatoms. The molecule has 0 bridgehead atoms. The van der Waals surface area contributed by atoms with Crippen LogP contribution in [0.15, 0.2) is 6.07 Å². The Balaban J connectivity index is 3.16. The van der Waals surface area contributed by atoms with Crippen LogP contribution in [0.4, 0.5) is 0 Å². The fourth-order valence-corrected chi connectivity index (χ4v) is 1.39. The predicted octanol–water partition coefficient (Wildman–Crippen LogP) is 1.24. The maximum atomic E-state index is 5.43. The number of hydrogen-bond donors (Lipinski definition) is 1. The van der Waals surface area contributed by atoms with Gasteiger partial charge in [0.25, 0.3) is 0 Å². The number of terminal acetylenes is 1. The Morgan fingerprint density at radius 2 is 2.29 bits per heavy atom. The van der Waals surface area contributed by atoms with Gasteiger partial charge in [-0.1, -0.05) is 12.8 Å². The lowest BCUT2D eigenvalue weighted by Gasteiger charge is -2.13. The van der Waals surface area contributed by atoms with Crippen molar-refractivity contribution in [3.63, 3.8) is 0 Å². The van der Waals surface area contributed by atoms with Gasteiger partial charge in [-0.2, -0.15) is 10.2 Å². The topological polar surface area (TPSA) is 37.8 Å². The van der Waals surface area contributed by atoms with Crippen molar-refractivity contribution in [2.45, 2.75) is 26.3 Å². The van der Waals surface area contributed by atoms with Crippen LogP contribution in [-0.4, -0.2) is 17.2 Å². The van der Waals surface area contributed by atoms with Crippen molar-refractivity contribution in [3.05, 3.63) is 23.0 Å². The molecule has 1 atom stereocenters. The molecule has 74 valence electrons. The summed E-state index contributed by atoms with van der Waals surface area (Å²) in [5.74, 6) is 2.69. The van der Waals surface area contributed by atoms with Crippen molar-refractivity contribution in [2.24, 2.45) is 0 Å². The summed E-state index contributed by atoms with van der Waals surface area (Å²) in [7, 11) is 1.85. The first-order chi connectivity index (χ1) is 6.72. The van der Waals surface area contributed by atoms with Gasteiger partial charge in [-0.3, -0.25) is 0 Å². The first-order valence-electron chi connectivity index (χ1n) is 4.69. The molecule has 0 amide bonds. The average Bonchev–Trinajstić information content (AvgIpc) is 2.20. The summed E-state index contributed by atoms with van der Waals surface area (Å²) in [6, 6.07) is 1.92. The van der Waals surface area contributed by atoms with Crippen molar-refractivity contribution < 1.29 is 0 Å². The molecule has 0 aliphatic carbocycles. The summed E-state index contributed by atoms with van der Waals surface area (Å²) in [4.78, 5) is 0. The minimum atomic E-state index is -0.0702. The Morgan fingerprint density at radius 3 is 2.79 bits per heavy atom. The van der Waals surface area contributed by atoms with Crippen LogP contribution in [0.25, 0.3) is 0 Å². The molecular formula is C11H15N3. The van der Waals surface area contributed by atoms with E-state index in [4.69, 9.17) is 6.42 Å². The summed E-state index contributed by atoms with van der Waals surface area (Å²) < 4.78 is 0. The van der Waals surface area contributed by atoms with Gasteiger partial charge in [-0.15, -0.1) is 6.42 Å². The standard InChI is InChI=1S/C11H15N3/c1-5-10(12-4)9-7-8(3)13-14-11(9)6-2/h1,7,10,12H,6H2,2-4H3. The summed E-state index contributed by atoms with van der Waals surface area (Å²) in [6.45, 7) is 3.96. The van der Waals surface area contributed by atoms with Crippen LogP contribution in [0.5, 0.6) is 0 Å². The van der Waals surface area contributed by atoms with E-state index in [1.807, 2.05) is 27.0 Å². The Kier molecular flexibility index (Phi) is 3.61. The van der Waals surface area contributed by atoms with Gasteiger partial charge >= 0.3 is 0 Å². The van der Waals surface area contributed by atoms with Crippen molar-refractivity contribution in [2.75, 3.05) is 7.05 Å². The predicted molar refractivity (Wildman–Crippen MR) is 56.8 cm³/mol. The third kappa shape index (κ3) is 2.09. The zero-order valence-electron chi connectivity index (χ0n) is 8.83. The SMILES string of the molecule is C#CC(NC)c1cc(C)nnc1CC. The van der Waals surface area contributed by atoms with Crippen LogP contribution in [0, 0.1) is 19.3 Å². The number of rotatable bonds is 3. The molecule has 1 N–H and O–H groups in total. The molecule has 1 unspecified atom stereocenters. The van der Waals surface area contributed by atoms with E-state index in [-0.39, 0.29) is 6.04 Å². The van der Waals surface area contributed by atoms with Crippen LogP contribution < -0.4 is 5.32 Å². The van der Waals surface area contributed by atoms with E-state index in [9.17, 15) is 0 Å². The van der Waals surface area contributed by atoms with Gasteiger partial charge in [0.1, 0.15) is 0 Å². The molecule has 14 heavy (non-hydrogen) atoms. The lowest BCUT2D eigenvalue weighted by Crippen LogP contribution is -2.17. The van der Waals surface area contributed by atoms with Gasteiger partial charge in [0.15, 0.2) is 0 Å². The van der Waals surface area contributed by atoms with Gasteiger partial charge in [-0.05, 0) is 26.5 Å². The van der Waals surface area contributed by atoms with E-state index in [1.165, 1.54) is 0 Å². The molecular weight excluding hydrogens is 174 g/mol. The van der Waals surface area contributed by atoms with Crippen LogP contribution >= 0.6 is 0 Å². The third-order valence-corrected chi connectivity index (χ3v) is 2.13. The molecule has 0 fully saturated rings. The molecule has 0 aliphatic heterocycles. The lowest BCUT2D eigenvalue weighted by molar-refractivity contribution is 0.707. The van der Waals surface area contributed by atoms with Crippen molar-refractivity contribution in [3.8, 4) is 12.3 Å². The minimum Gasteiger partial charge on any atom is -0.303 e. The quantitative estimate of drug-likeness (QED) is 0.727. The highest BCUT2D eigenvalue weighted by Gasteiger charge is 2.11. The molecule has 1 aromatic rings. The largest absolute Gasteiger partial charge is 0.303 e. The second-order valence-electron chi connectivity index (χ2n) is 3.13. The van der Waals surface area contributed by atoms with Crippen LogP contribution in [0.2, 0.25) is 0 Å². The molecule has 0 aliphatic rings. The first-order valence-corrected chi connectivity index (χ1v) is 4.69. The molecule has 0 aromatic carbocycles. The molecule has 0 saturated heterocycles. The lowest BCUT2D eigenvalue weighted by atomic mass is 10.0. The van der Waals surface area contributed by atoms with Crippen molar-refractivity contribution in [1.29, 1.82) is 0 Å². The van der Waals surface area contributed by atoms with Crippen molar-refractivity contribution >= 4 is 0 Å². The molecule has 0 spiro atoms. The second kappa shape index (κ2) is 4.73. The highest BCUT2D eigenvalue weighted by Crippen LogP contribution is 2.16. The maximum absolute atomic E-state index is 5.43. The molecule has 1 rings (SSSR count).